The lowest BCUT2D eigenvalue weighted by Gasteiger charge is -2.09. The fourth-order valence-corrected chi connectivity index (χ4v) is 4.66. The number of benzene rings is 3. The van der Waals surface area contributed by atoms with Gasteiger partial charge in [-0.25, -0.2) is 4.57 Å². The number of hydrogen-bond acceptors (Lipinski definition) is 5. The summed E-state index contributed by atoms with van der Waals surface area (Å²) in [5.41, 5.74) is 3.85. The van der Waals surface area contributed by atoms with Gasteiger partial charge in [0.15, 0.2) is 0 Å². The highest BCUT2D eigenvalue weighted by molar-refractivity contribution is 7.10. The Morgan fingerprint density at radius 2 is 1.85 bits per heavy atom. The second kappa shape index (κ2) is 8.90. The van der Waals surface area contributed by atoms with E-state index in [0.717, 1.165) is 33.7 Å². The van der Waals surface area contributed by atoms with Crippen LogP contribution in [-0.2, 0) is 6.61 Å². The van der Waals surface area contributed by atoms with Crippen LogP contribution in [0.15, 0.2) is 76.5 Å². The van der Waals surface area contributed by atoms with Gasteiger partial charge in [-0.1, -0.05) is 77.0 Å². The number of ether oxygens (including phenoxy) is 1. The summed E-state index contributed by atoms with van der Waals surface area (Å²) in [4.78, 5) is 17.2. The van der Waals surface area contributed by atoms with Gasteiger partial charge >= 0.3 is 4.87 Å². The highest BCUT2D eigenvalue weighted by Crippen LogP contribution is 2.41. The van der Waals surface area contributed by atoms with Crippen LogP contribution < -0.4 is 9.61 Å². The number of rotatable bonds is 5. The molecular weight excluding hydrogens is 479 g/mol. The number of fused-ring (bicyclic) bond motifs is 1. The van der Waals surface area contributed by atoms with E-state index < -0.39 is 0 Å². The Bertz CT molecular complexity index is 1470. The third-order valence-electron chi connectivity index (χ3n) is 5.14. The fraction of sp³-hybridized carbons (Fsp3) is 0.0400. The average Bonchev–Trinajstić information content (AvgIpc) is 3.35. The third-order valence-corrected chi connectivity index (χ3v) is 6.76. The lowest BCUT2D eigenvalue weighted by Crippen LogP contribution is -2.09. The number of aromatic nitrogens is 1. The molecule has 8 heteroatoms. The van der Waals surface area contributed by atoms with E-state index in [1.54, 1.807) is 24.4 Å². The highest BCUT2D eigenvalue weighted by atomic mass is 35.5. The summed E-state index contributed by atoms with van der Waals surface area (Å²) in [6.45, 7) is 0.431. The van der Waals surface area contributed by atoms with E-state index in [2.05, 4.69) is 4.99 Å². The number of thiazole rings is 1. The van der Waals surface area contributed by atoms with Crippen molar-refractivity contribution in [3.05, 3.63) is 102 Å². The van der Waals surface area contributed by atoms with Crippen LogP contribution in [0.5, 0.6) is 11.6 Å². The Morgan fingerprint density at radius 1 is 1.03 bits per heavy atom. The number of aromatic hydroxyl groups is 1. The predicted molar refractivity (Wildman–Crippen MR) is 135 cm³/mol. The van der Waals surface area contributed by atoms with Crippen molar-refractivity contribution in [2.45, 2.75) is 6.61 Å². The van der Waals surface area contributed by atoms with Crippen molar-refractivity contribution in [1.82, 2.24) is 4.57 Å². The van der Waals surface area contributed by atoms with Crippen LogP contribution in [0, 0.1) is 0 Å². The molecule has 4 aromatic rings. The first-order valence-electron chi connectivity index (χ1n) is 9.97. The minimum absolute atomic E-state index is 0.172. The zero-order chi connectivity index (χ0) is 22.9. The fourth-order valence-electron chi connectivity index (χ4n) is 3.53. The molecule has 1 aromatic heterocycles. The van der Waals surface area contributed by atoms with Gasteiger partial charge in [-0.2, -0.15) is 0 Å². The molecule has 0 fully saturated rings. The molecule has 0 bridgehead atoms. The topological polar surface area (TPSA) is 63.8 Å². The smallest absolute Gasteiger partial charge is 0.315 e. The summed E-state index contributed by atoms with van der Waals surface area (Å²) in [5, 5.41) is 11.4. The maximum absolute atomic E-state index is 12.6. The summed E-state index contributed by atoms with van der Waals surface area (Å²) < 4.78 is 7.19. The van der Waals surface area contributed by atoms with Crippen molar-refractivity contribution in [2.75, 3.05) is 0 Å². The van der Waals surface area contributed by atoms with E-state index in [-0.39, 0.29) is 10.8 Å². The van der Waals surface area contributed by atoms with E-state index in [4.69, 9.17) is 27.9 Å². The molecule has 0 saturated carbocycles. The number of nitrogens with zero attached hydrogens (tertiary/aromatic N) is 2. The van der Waals surface area contributed by atoms with Crippen LogP contribution in [0.4, 0.5) is 5.69 Å². The van der Waals surface area contributed by atoms with E-state index >= 15 is 0 Å². The summed E-state index contributed by atoms with van der Waals surface area (Å²) in [5.74, 6) is 0.496. The number of para-hydroxylation sites is 1. The van der Waals surface area contributed by atoms with Crippen LogP contribution >= 0.6 is 34.5 Å². The summed E-state index contributed by atoms with van der Waals surface area (Å²) in [6.07, 6.45) is 3.44. The van der Waals surface area contributed by atoms with Gasteiger partial charge in [0.05, 0.1) is 20.6 Å². The largest absolute Gasteiger partial charge is 0.493 e. The van der Waals surface area contributed by atoms with Gasteiger partial charge in [-0.3, -0.25) is 9.79 Å². The predicted octanol–water partition coefficient (Wildman–Crippen LogP) is 6.75. The molecular formula is C25H16Cl2N2O3S. The Hall–Kier alpha value is -3.32. The molecule has 5 nitrogen and oxygen atoms in total. The second-order valence-electron chi connectivity index (χ2n) is 7.27. The molecule has 0 amide bonds. The summed E-state index contributed by atoms with van der Waals surface area (Å²) in [7, 11) is 0. The molecule has 1 N–H and O–H groups in total. The molecule has 1 aliphatic rings. The van der Waals surface area contributed by atoms with Crippen LogP contribution in [-0.4, -0.2) is 15.9 Å². The van der Waals surface area contributed by atoms with Crippen LogP contribution in [0.3, 0.4) is 0 Å². The van der Waals surface area contributed by atoms with E-state index in [1.807, 2.05) is 48.5 Å². The number of hydrogen-bond donors (Lipinski definition) is 1. The molecule has 33 heavy (non-hydrogen) atoms. The lowest BCUT2D eigenvalue weighted by atomic mass is 10.1. The van der Waals surface area contributed by atoms with Gasteiger partial charge in [-0.05, 0) is 35.9 Å². The first kappa shape index (κ1) is 21.5. The highest BCUT2D eigenvalue weighted by Gasteiger charge is 2.20. The van der Waals surface area contributed by atoms with Gasteiger partial charge < -0.3 is 9.84 Å². The second-order valence-corrected chi connectivity index (χ2v) is 9.08. The number of halogens is 2. The normalized spacial score (nSPS) is 13.5. The van der Waals surface area contributed by atoms with Gasteiger partial charge in [0.2, 0.25) is 5.88 Å². The minimum atomic E-state index is -0.340. The average molecular weight is 495 g/mol. The van der Waals surface area contributed by atoms with E-state index in [1.165, 1.54) is 10.6 Å². The SMILES string of the molecule is O=c1sc(C=C2C=Nc3c(OCc4ccccc4)cccc32)c(O)n1-c1ccc(Cl)c(Cl)c1. The molecule has 0 spiro atoms. The van der Waals surface area contributed by atoms with Crippen molar-refractivity contribution in [2.24, 2.45) is 4.99 Å². The Kier molecular flexibility index (Phi) is 5.81. The Labute approximate surface area is 203 Å². The zero-order valence-electron chi connectivity index (χ0n) is 17.0. The van der Waals surface area contributed by atoms with E-state index in [9.17, 15) is 9.90 Å². The van der Waals surface area contributed by atoms with Crippen LogP contribution in [0.25, 0.3) is 17.3 Å². The monoisotopic (exact) mass is 494 g/mol. The molecule has 0 unspecified atom stereocenters. The van der Waals surface area contributed by atoms with E-state index in [0.29, 0.717) is 33.0 Å². The Balaban J connectivity index is 1.46. The molecule has 3 aromatic carbocycles. The van der Waals surface area contributed by atoms with Crippen LogP contribution in [0.2, 0.25) is 10.0 Å². The van der Waals surface area contributed by atoms with Gasteiger partial charge in [0.25, 0.3) is 0 Å². The first-order valence-corrected chi connectivity index (χ1v) is 11.5. The number of aliphatic imine (C=N–C) groups is 1. The third kappa shape index (κ3) is 4.20. The summed E-state index contributed by atoms with van der Waals surface area (Å²) in [6, 6.07) is 20.3. The molecule has 0 atom stereocenters. The molecule has 2 heterocycles. The molecule has 0 aliphatic carbocycles. The quantitative estimate of drug-likeness (QED) is 0.333. The van der Waals surface area contributed by atoms with Crippen molar-refractivity contribution in [3.8, 4) is 17.3 Å². The van der Waals surface area contributed by atoms with Crippen LogP contribution in [0.1, 0.15) is 16.0 Å². The standard InChI is InChI=1S/C25H16Cl2N2O3S/c26-19-10-9-17(12-20(19)27)29-24(30)22(33-25(29)31)11-16-13-28-23-18(16)7-4-8-21(23)32-14-15-5-2-1-3-6-15/h1-13,30H,14H2. The number of allylic oxidation sites excluding steroid dienone is 1. The molecule has 1 aliphatic heterocycles. The maximum atomic E-state index is 12.6. The molecule has 164 valence electrons. The maximum Gasteiger partial charge on any atom is 0.315 e. The zero-order valence-corrected chi connectivity index (χ0v) is 19.4. The van der Waals surface area contributed by atoms with Crippen molar-refractivity contribution in [1.29, 1.82) is 0 Å². The van der Waals surface area contributed by atoms with Crippen molar-refractivity contribution >= 4 is 58.1 Å². The van der Waals surface area contributed by atoms with Gasteiger partial charge in [-0.15, -0.1) is 0 Å². The molecule has 0 radical (unpaired) electrons. The molecule has 5 rings (SSSR count). The van der Waals surface area contributed by atoms with Crippen molar-refractivity contribution in [3.63, 3.8) is 0 Å². The summed E-state index contributed by atoms with van der Waals surface area (Å²) >= 11 is 13.0. The Morgan fingerprint density at radius 3 is 2.64 bits per heavy atom. The van der Waals surface area contributed by atoms with Gasteiger partial charge in [0, 0.05) is 17.4 Å². The van der Waals surface area contributed by atoms with Crippen molar-refractivity contribution < 1.29 is 9.84 Å². The first-order chi connectivity index (χ1) is 16.0. The molecule has 0 saturated heterocycles. The minimum Gasteiger partial charge on any atom is -0.493 e. The lowest BCUT2D eigenvalue weighted by molar-refractivity contribution is 0.307. The van der Waals surface area contributed by atoms with Gasteiger partial charge in [0.1, 0.15) is 18.0 Å².